The summed E-state index contributed by atoms with van der Waals surface area (Å²) in [7, 11) is 2.17. The molecule has 0 spiro atoms. The maximum absolute atomic E-state index is 6.76. The first-order chi connectivity index (χ1) is 17.5. The zero-order chi connectivity index (χ0) is 24.8. The minimum atomic E-state index is -1.00. The molecule has 0 radical (unpaired) electrons. The molecule has 1 fully saturated rings. The molecule has 0 saturated carbocycles. The summed E-state index contributed by atoms with van der Waals surface area (Å²) in [6, 6.07) is 18.2. The number of imidazole rings is 1. The first-order valence-electron chi connectivity index (χ1n) is 12.7. The molecule has 10 nitrogen and oxygen atoms in total. The fourth-order valence-corrected chi connectivity index (χ4v) is 4.48. The van der Waals surface area contributed by atoms with Crippen molar-refractivity contribution in [2.24, 2.45) is 15.7 Å². The number of aromatic amines is 1. The predicted octanol–water partition coefficient (Wildman–Crippen LogP) is 1.05. The predicted molar refractivity (Wildman–Crippen MR) is 145 cm³/mol. The molecular weight excluding hydrogens is 452 g/mol. The number of benzene rings is 2. The number of fused-ring (bicyclic) bond motifs is 1. The molecular formula is C26H36N10. The van der Waals surface area contributed by atoms with Crippen LogP contribution in [0.4, 0.5) is 0 Å². The number of nitrogens with two attached hydrogens (primary N) is 1. The first kappa shape index (κ1) is 24.2. The quantitative estimate of drug-likeness (QED) is 0.321. The van der Waals surface area contributed by atoms with Crippen LogP contribution in [0.2, 0.25) is 0 Å². The molecule has 3 aromatic rings. The van der Waals surface area contributed by atoms with Crippen LogP contribution < -0.4 is 21.7 Å². The van der Waals surface area contributed by atoms with Crippen LogP contribution in [0.25, 0.3) is 11.0 Å². The standard InChI is InChI=1S/C26H36N10/c1-35-15-17-36(18-16-35)14-13-28-24-32-25(29-19-20-7-3-2-4-8-20)34-26(27,33-24)12-11-23-30-21-9-5-6-10-22(21)31-23/h2-10H,11-19,27H2,1H3,(H,30,31)(H3,28,29,32,33,34). The Morgan fingerprint density at radius 2 is 1.78 bits per heavy atom. The van der Waals surface area contributed by atoms with Crippen molar-refractivity contribution in [3.8, 4) is 0 Å². The van der Waals surface area contributed by atoms with E-state index in [-0.39, 0.29) is 0 Å². The average Bonchev–Trinajstić information content (AvgIpc) is 3.31. The monoisotopic (exact) mass is 488 g/mol. The van der Waals surface area contributed by atoms with Gasteiger partial charge >= 0.3 is 0 Å². The molecule has 2 aliphatic heterocycles. The Balaban J connectivity index is 1.24. The molecule has 10 heteroatoms. The van der Waals surface area contributed by atoms with E-state index in [1.165, 1.54) is 0 Å². The van der Waals surface area contributed by atoms with Gasteiger partial charge < -0.3 is 25.8 Å². The average molecular weight is 489 g/mol. The highest BCUT2D eigenvalue weighted by molar-refractivity contribution is 5.97. The first-order valence-corrected chi connectivity index (χ1v) is 12.7. The largest absolute Gasteiger partial charge is 0.355 e. The number of guanidine groups is 2. The van der Waals surface area contributed by atoms with E-state index >= 15 is 0 Å². The summed E-state index contributed by atoms with van der Waals surface area (Å²) in [6.07, 6.45) is 1.21. The fraction of sp³-hybridized carbons (Fsp3) is 0.423. The van der Waals surface area contributed by atoms with E-state index in [2.05, 4.69) is 54.9 Å². The van der Waals surface area contributed by atoms with Crippen LogP contribution >= 0.6 is 0 Å². The van der Waals surface area contributed by atoms with Crippen molar-refractivity contribution in [3.63, 3.8) is 0 Å². The number of aliphatic imine (C=N–C) groups is 2. The van der Waals surface area contributed by atoms with E-state index in [4.69, 9.17) is 15.7 Å². The van der Waals surface area contributed by atoms with Crippen molar-refractivity contribution in [2.75, 3.05) is 46.3 Å². The lowest BCUT2D eigenvalue weighted by atomic mass is 10.1. The van der Waals surface area contributed by atoms with E-state index in [1.807, 2.05) is 42.5 Å². The summed E-state index contributed by atoms with van der Waals surface area (Å²) in [4.78, 5) is 22.3. The normalized spacial score (nSPS) is 21.1. The lowest BCUT2D eigenvalue weighted by molar-refractivity contribution is 0.156. The van der Waals surface area contributed by atoms with Gasteiger partial charge in [-0.3, -0.25) is 10.6 Å². The molecule has 5 rings (SSSR count). The highest BCUT2D eigenvalue weighted by Gasteiger charge is 2.30. The van der Waals surface area contributed by atoms with Crippen LogP contribution in [-0.4, -0.2) is 83.8 Å². The van der Waals surface area contributed by atoms with Gasteiger partial charge in [0, 0.05) is 58.7 Å². The minimum Gasteiger partial charge on any atom is -0.355 e. The third kappa shape index (κ3) is 6.39. The van der Waals surface area contributed by atoms with E-state index in [0.29, 0.717) is 31.3 Å². The zero-order valence-corrected chi connectivity index (χ0v) is 20.9. The Morgan fingerprint density at radius 1 is 1.00 bits per heavy atom. The second kappa shape index (κ2) is 11.1. The molecule has 36 heavy (non-hydrogen) atoms. The number of para-hydroxylation sites is 2. The van der Waals surface area contributed by atoms with Gasteiger partial charge in [-0.2, -0.15) is 4.99 Å². The van der Waals surface area contributed by atoms with Gasteiger partial charge in [0.2, 0.25) is 11.9 Å². The minimum absolute atomic E-state index is 0.520. The van der Waals surface area contributed by atoms with Gasteiger partial charge in [0.1, 0.15) is 5.82 Å². The van der Waals surface area contributed by atoms with Crippen molar-refractivity contribution in [1.82, 2.24) is 35.7 Å². The Kier molecular flexibility index (Phi) is 7.45. The highest BCUT2D eigenvalue weighted by atomic mass is 15.4. The van der Waals surface area contributed by atoms with E-state index < -0.39 is 5.79 Å². The SMILES string of the molecule is CN1CCN(CCNC2=NC(NCc3ccccc3)=NC(N)(CCc3nc4ccccc4[nH]3)N2)CC1. The maximum atomic E-state index is 6.76. The van der Waals surface area contributed by atoms with Gasteiger partial charge in [-0.1, -0.05) is 42.5 Å². The second-order valence-corrected chi connectivity index (χ2v) is 9.56. The van der Waals surface area contributed by atoms with Crippen LogP contribution in [0, 0.1) is 0 Å². The van der Waals surface area contributed by atoms with Gasteiger partial charge in [0.15, 0.2) is 5.79 Å². The number of aromatic nitrogens is 2. The number of likely N-dealkylation sites (N-methyl/N-ethyl adjacent to an activating group) is 1. The lowest BCUT2D eigenvalue weighted by Crippen LogP contribution is -2.62. The Bertz CT molecular complexity index is 1160. The van der Waals surface area contributed by atoms with Crippen LogP contribution in [0.15, 0.2) is 64.6 Å². The molecule has 1 saturated heterocycles. The molecule has 0 aliphatic carbocycles. The second-order valence-electron chi connectivity index (χ2n) is 9.56. The van der Waals surface area contributed by atoms with Gasteiger partial charge in [-0.25, -0.2) is 9.98 Å². The number of piperazine rings is 1. The van der Waals surface area contributed by atoms with Crippen molar-refractivity contribution < 1.29 is 0 Å². The summed E-state index contributed by atoms with van der Waals surface area (Å²) < 4.78 is 0. The van der Waals surface area contributed by atoms with Gasteiger partial charge in [0.25, 0.3) is 0 Å². The lowest BCUT2D eigenvalue weighted by Gasteiger charge is -2.34. The molecule has 1 unspecified atom stereocenters. The van der Waals surface area contributed by atoms with Crippen molar-refractivity contribution in [2.45, 2.75) is 25.2 Å². The van der Waals surface area contributed by atoms with Crippen molar-refractivity contribution in [3.05, 3.63) is 66.0 Å². The summed E-state index contributed by atoms with van der Waals surface area (Å²) in [5.41, 5.74) is 9.90. The van der Waals surface area contributed by atoms with Crippen molar-refractivity contribution in [1.29, 1.82) is 0 Å². The molecule has 1 atom stereocenters. The molecule has 6 N–H and O–H groups in total. The Labute approximate surface area is 212 Å². The van der Waals surface area contributed by atoms with Gasteiger partial charge in [0.05, 0.1) is 11.0 Å². The van der Waals surface area contributed by atoms with Gasteiger partial charge in [-0.15, -0.1) is 0 Å². The van der Waals surface area contributed by atoms with Crippen LogP contribution in [-0.2, 0) is 13.0 Å². The number of nitrogens with one attached hydrogen (secondary N) is 4. The van der Waals surface area contributed by atoms with E-state index in [0.717, 1.165) is 61.7 Å². The molecule has 3 heterocycles. The summed E-state index contributed by atoms with van der Waals surface area (Å²) >= 11 is 0. The Hall–Kier alpha value is -3.47. The third-order valence-corrected chi connectivity index (χ3v) is 6.65. The molecule has 190 valence electrons. The van der Waals surface area contributed by atoms with Gasteiger partial charge in [-0.05, 0) is 24.7 Å². The van der Waals surface area contributed by atoms with Crippen LogP contribution in [0.3, 0.4) is 0 Å². The molecule has 0 bridgehead atoms. The Morgan fingerprint density at radius 3 is 2.58 bits per heavy atom. The number of nitrogens with zero attached hydrogens (tertiary/aromatic N) is 5. The van der Waals surface area contributed by atoms with Crippen LogP contribution in [0.5, 0.6) is 0 Å². The summed E-state index contributed by atoms with van der Waals surface area (Å²) in [6.45, 7) is 6.73. The van der Waals surface area contributed by atoms with E-state index in [9.17, 15) is 0 Å². The number of aryl methyl sites for hydroxylation is 1. The molecule has 2 aromatic carbocycles. The number of hydrogen-bond acceptors (Lipinski definition) is 9. The smallest absolute Gasteiger partial charge is 0.224 e. The maximum Gasteiger partial charge on any atom is 0.224 e. The third-order valence-electron chi connectivity index (χ3n) is 6.65. The molecule has 0 amide bonds. The zero-order valence-electron chi connectivity index (χ0n) is 20.9. The van der Waals surface area contributed by atoms with Crippen molar-refractivity contribution >= 4 is 23.0 Å². The molecule has 1 aromatic heterocycles. The van der Waals surface area contributed by atoms with Crippen LogP contribution in [0.1, 0.15) is 17.8 Å². The fourth-order valence-electron chi connectivity index (χ4n) is 4.48. The summed E-state index contributed by atoms with van der Waals surface area (Å²) in [5, 5.41) is 10.1. The number of hydrogen-bond donors (Lipinski definition) is 5. The number of H-pyrrole nitrogens is 1. The topological polar surface area (TPSA) is 122 Å². The number of rotatable bonds is 8. The summed E-state index contributed by atoms with van der Waals surface area (Å²) in [5.74, 6) is 1.05. The highest BCUT2D eigenvalue weighted by Crippen LogP contribution is 2.16. The van der Waals surface area contributed by atoms with E-state index in [1.54, 1.807) is 0 Å². The molecule has 2 aliphatic rings.